The van der Waals surface area contributed by atoms with Crippen LogP contribution in [0.1, 0.15) is 111 Å². The zero-order chi connectivity index (χ0) is 67.3. The second-order valence-electron chi connectivity index (χ2n) is 31.3. The van der Waals surface area contributed by atoms with Crippen molar-refractivity contribution in [1.29, 1.82) is 0 Å². The number of hydrogen-bond acceptors (Lipinski definition) is 6. The van der Waals surface area contributed by atoms with Gasteiger partial charge in [0.1, 0.15) is 22.5 Å². The summed E-state index contributed by atoms with van der Waals surface area (Å²) >= 11 is 1.88. The predicted octanol–water partition coefficient (Wildman–Crippen LogP) is 24.9. The number of thiophene rings is 1. The van der Waals surface area contributed by atoms with Gasteiger partial charge in [-0.2, -0.15) is 0 Å². The quantitative estimate of drug-likeness (QED) is 0.135. The van der Waals surface area contributed by atoms with Gasteiger partial charge in [-0.3, -0.25) is 0 Å². The summed E-state index contributed by atoms with van der Waals surface area (Å²) in [6.45, 7) is 27.8. The molecule has 0 spiro atoms. The van der Waals surface area contributed by atoms with Gasteiger partial charge in [0, 0.05) is 105 Å². The maximum absolute atomic E-state index is 7.44. The van der Waals surface area contributed by atoms with Crippen LogP contribution in [-0.4, -0.2) is 6.85 Å². The Morgan fingerprint density at radius 2 is 0.918 bits per heavy atom. The summed E-state index contributed by atoms with van der Waals surface area (Å²) in [5.74, 6) is 0.853. The molecule has 7 heteroatoms. The molecule has 0 N–H and O–H groups in total. The van der Waals surface area contributed by atoms with E-state index in [1.807, 2.05) is 11.3 Å². The van der Waals surface area contributed by atoms with E-state index in [0.29, 0.717) is 6.54 Å². The summed E-state index contributed by atoms with van der Waals surface area (Å²) in [6.07, 6.45) is 0. The van der Waals surface area contributed by atoms with Crippen molar-refractivity contribution < 1.29 is 8.83 Å². The number of rotatable bonds is 9. The lowest BCUT2D eigenvalue weighted by molar-refractivity contribution is 0.590. The molecule has 0 radical (unpaired) electrons. The maximum Gasteiger partial charge on any atom is 0.333 e. The van der Waals surface area contributed by atoms with Gasteiger partial charge in [-0.1, -0.05) is 253 Å². The Morgan fingerprint density at radius 1 is 0.378 bits per heavy atom. The molecule has 12 aromatic carbocycles. The van der Waals surface area contributed by atoms with Crippen LogP contribution < -0.4 is 25.5 Å². The fourth-order valence-corrected chi connectivity index (χ4v) is 16.6. The summed E-state index contributed by atoms with van der Waals surface area (Å²) in [4.78, 5) is 7.74. The number of hydrogen-bond donors (Lipinski definition) is 0. The Hall–Kier alpha value is -10.3. The predicted molar refractivity (Wildman–Crippen MR) is 420 cm³/mol. The minimum Gasteiger partial charge on any atom is -0.455 e. The van der Waals surface area contributed by atoms with Crippen molar-refractivity contribution in [2.24, 2.45) is 0 Å². The molecule has 3 aromatic heterocycles. The lowest BCUT2D eigenvalue weighted by atomic mass is 9.43. The third-order valence-corrected chi connectivity index (χ3v) is 21.9. The fraction of sp³-hybridized carbons (Fsp3) is 0.187. The van der Waals surface area contributed by atoms with E-state index in [4.69, 9.17) is 8.83 Å². The van der Waals surface area contributed by atoms with Crippen LogP contribution in [0.3, 0.4) is 0 Å². The van der Waals surface area contributed by atoms with Gasteiger partial charge in [0.15, 0.2) is 0 Å². The number of nitrogens with zero attached hydrogens (tertiary/aromatic N) is 3. The summed E-state index contributed by atoms with van der Waals surface area (Å²) in [6, 6.07) is 95.6. The molecule has 0 saturated carbocycles. The van der Waals surface area contributed by atoms with Crippen LogP contribution in [0.4, 0.5) is 39.8 Å². The van der Waals surface area contributed by atoms with Crippen LogP contribution in [0.2, 0.25) is 0 Å². The lowest BCUT2D eigenvalue weighted by Gasteiger charge is -2.46. The van der Waals surface area contributed by atoms with Gasteiger partial charge in [-0.15, -0.1) is 11.3 Å². The Kier molecular flexibility index (Phi) is 14.1. The molecule has 5 nitrogen and oxygen atoms in total. The van der Waals surface area contributed by atoms with E-state index in [0.717, 1.165) is 112 Å². The molecule has 98 heavy (non-hydrogen) atoms. The molecule has 5 heterocycles. The molecule has 0 saturated heterocycles. The molecule has 17 rings (SSSR count). The average Bonchev–Trinajstić information content (AvgIpc) is 1.24. The van der Waals surface area contributed by atoms with Crippen molar-refractivity contribution in [1.82, 2.24) is 0 Å². The van der Waals surface area contributed by atoms with Crippen molar-refractivity contribution >= 4 is 122 Å². The summed E-state index contributed by atoms with van der Waals surface area (Å²) in [5.41, 5.74) is 27.1. The van der Waals surface area contributed by atoms with Gasteiger partial charge in [-0.05, 0) is 162 Å². The molecule has 2 aliphatic heterocycles. The lowest BCUT2D eigenvalue weighted by Crippen LogP contribution is -2.62. The van der Waals surface area contributed by atoms with Crippen molar-refractivity contribution in [3.63, 3.8) is 0 Å². The highest BCUT2D eigenvalue weighted by molar-refractivity contribution is 7.26. The second-order valence-corrected chi connectivity index (χ2v) is 32.4. The Morgan fingerprint density at radius 3 is 1.54 bits per heavy atom. The average molecular weight is 1290 g/mol. The maximum atomic E-state index is 7.44. The van der Waals surface area contributed by atoms with Gasteiger partial charge in [-0.25, -0.2) is 0 Å². The number of para-hydroxylation sites is 1. The standard InChI is InChI=1S/C91H80BN3O2S/c1-88(2,3)60-34-40-64(41-35-60)94(65-42-36-61(37-43-65)89(4,5)6)67-46-47-69-71-50-73-76(54-82(71)98-81(69)49-67)95(66-44-38-62(39-45-66)90(7,8)9)92-75-53-80-74(83(57-26-18-14-19-27-57)86(97-80)58-28-20-15-21-29-58)52-77(75)93(78-51-72-68-30-22-23-31-79(68)96-87(72)84(73)85(78)92)55-59-32-33-63(91(10,11)12)48-70(59)56-24-16-13-17-25-56/h13-54H,55H2,1-12H3. The van der Waals surface area contributed by atoms with E-state index in [2.05, 4.69) is 352 Å². The van der Waals surface area contributed by atoms with Gasteiger partial charge >= 0.3 is 6.85 Å². The Labute approximate surface area is 580 Å². The molecular weight excluding hydrogens is 1210 g/mol. The smallest absolute Gasteiger partial charge is 0.333 e. The molecule has 0 aliphatic carbocycles. The van der Waals surface area contributed by atoms with Crippen LogP contribution in [0.15, 0.2) is 264 Å². The third-order valence-electron chi connectivity index (χ3n) is 20.8. The van der Waals surface area contributed by atoms with Crippen LogP contribution in [0, 0.1) is 0 Å². The summed E-state index contributed by atoms with van der Waals surface area (Å²) < 4.78 is 17.3. The first-order chi connectivity index (χ1) is 47.1. The Balaban J connectivity index is 0.961. The van der Waals surface area contributed by atoms with E-state index < -0.39 is 0 Å². The highest BCUT2D eigenvalue weighted by Gasteiger charge is 2.47. The SMILES string of the molecule is CC(C)(C)c1ccc(N2B3c4cc5oc(-c6ccccc6)c(-c6ccccc6)c5cc4N(Cc4ccc(C(C)(C)C)cc4-c4ccccc4)c4cc5c(oc6ccccc65)c(c43)-c3cc4c(cc32)sc2cc(N(c3ccc(C(C)(C)C)cc3)c3ccc(C(C)(C)C)cc3)ccc24)cc1. The van der Waals surface area contributed by atoms with Gasteiger partial charge in [0.2, 0.25) is 0 Å². The van der Waals surface area contributed by atoms with Gasteiger partial charge < -0.3 is 23.4 Å². The number of anilines is 7. The van der Waals surface area contributed by atoms with Gasteiger partial charge in [0.25, 0.3) is 0 Å². The summed E-state index contributed by atoms with van der Waals surface area (Å²) in [5, 5.41) is 5.69. The van der Waals surface area contributed by atoms with E-state index in [9.17, 15) is 0 Å². The molecular formula is C91H80BN3O2S. The van der Waals surface area contributed by atoms with E-state index >= 15 is 0 Å². The van der Waals surface area contributed by atoms with Crippen LogP contribution in [0.25, 0.3) is 97.8 Å². The first kappa shape index (κ1) is 61.3. The Bertz CT molecular complexity index is 5560. The van der Waals surface area contributed by atoms with Crippen LogP contribution in [0.5, 0.6) is 0 Å². The van der Waals surface area contributed by atoms with Crippen LogP contribution >= 0.6 is 11.3 Å². The zero-order valence-corrected chi connectivity index (χ0v) is 58.9. The minimum absolute atomic E-state index is 0.0216. The fourth-order valence-electron chi connectivity index (χ4n) is 15.4. The molecule has 0 atom stereocenters. The molecule has 0 amide bonds. The van der Waals surface area contributed by atoms with E-state index in [-0.39, 0.29) is 28.5 Å². The van der Waals surface area contributed by atoms with E-state index in [1.165, 1.54) is 64.6 Å². The molecule has 480 valence electrons. The first-order valence-corrected chi connectivity index (χ1v) is 35.5. The molecule has 0 fully saturated rings. The topological polar surface area (TPSA) is 36.0 Å². The second kappa shape index (κ2) is 22.6. The molecule has 15 aromatic rings. The minimum atomic E-state index is -0.343. The third kappa shape index (κ3) is 10.3. The summed E-state index contributed by atoms with van der Waals surface area (Å²) in [7, 11) is 0. The largest absolute Gasteiger partial charge is 0.455 e. The number of furan rings is 2. The van der Waals surface area contributed by atoms with Gasteiger partial charge in [0.05, 0.1) is 0 Å². The molecule has 0 bridgehead atoms. The highest BCUT2D eigenvalue weighted by atomic mass is 32.1. The van der Waals surface area contributed by atoms with Crippen molar-refractivity contribution in [2.75, 3.05) is 14.6 Å². The van der Waals surface area contributed by atoms with E-state index in [1.54, 1.807) is 0 Å². The van der Waals surface area contributed by atoms with Crippen LogP contribution in [-0.2, 0) is 28.2 Å². The van der Waals surface area contributed by atoms with Crippen molar-refractivity contribution in [3.8, 4) is 44.7 Å². The number of benzene rings is 12. The first-order valence-electron chi connectivity index (χ1n) is 34.7. The molecule has 2 aliphatic rings. The number of fused-ring (bicyclic) bond motifs is 12. The normalized spacial score (nSPS) is 13.3. The molecule has 0 unspecified atom stereocenters. The zero-order valence-electron chi connectivity index (χ0n) is 58.1. The van der Waals surface area contributed by atoms with Crippen molar-refractivity contribution in [2.45, 2.75) is 111 Å². The highest BCUT2D eigenvalue weighted by Crippen LogP contribution is 2.54. The monoisotopic (exact) mass is 1290 g/mol. The van der Waals surface area contributed by atoms with Crippen molar-refractivity contribution in [3.05, 3.63) is 283 Å².